The summed E-state index contributed by atoms with van der Waals surface area (Å²) in [6.07, 6.45) is 1.73. The number of ether oxygens (including phenoxy) is 1. The highest BCUT2D eigenvalue weighted by Crippen LogP contribution is 2.28. The summed E-state index contributed by atoms with van der Waals surface area (Å²) in [6, 6.07) is 13.8. The Morgan fingerprint density at radius 2 is 1.66 bits per heavy atom. The van der Waals surface area contributed by atoms with Crippen molar-refractivity contribution in [1.29, 1.82) is 0 Å². The fourth-order valence-electron chi connectivity index (χ4n) is 3.71. The van der Waals surface area contributed by atoms with Crippen molar-refractivity contribution in [2.24, 2.45) is 7.05 Å². The van der Waals surface area contributed by atoms with Crippen LogP contribution in [0.4, 0.5) is 0 Å². The molecule has 32 heavy (non-hydrogen) atoms. The molecule has 0 atom stereocenters. The molecule has 0 bridgehead atoms. The summed E-state index contributed by atoms with van der Waals surface area (Å²) in [5, 5.41) is 6.55. The lowest BCUT2D eigenvalue weighted by Crippen LogP contribution is -2.42. The van der Waals surface area contributed by atoms with Gasteiger partial charge in [0.25, 0.3) is 0 Å². The number of sulfonamides is 1. The van der Waals surface area contributed by atoms with Gasteiger partial charge in [0.2, 0.25) is 25.0 Å². The quantitative estimate of drug-likeness (QED) is 0.537. The first kappa shape index (κ1) is 22.4. The minimum atomic E-state index is -3.74. The summed E-state index contributed by atoms with van der Waals surface area (Å²) in [7, 11) is -5.84. The van der Waals surface area contributed by atoms with Gasteiger partial charge in [-0.25, -0.2) is 16.8 Å². The van der Waals surface area contributed by atoms with Crippen molar-refractivity contribution in [2.45, 2.75) is 35.1 Å². The van der Waals surface area contributed by atoms with Crippen molar-refractivity contribution in [3.8, 4) is 11.5 Å². The van der Waals surface area contributed by atoms with Crippen molar-refractivity contribution >= 4 is 19.9 Å². The van der Waals surface area contributed by atoms with Crippen molar-refractivity contribution in [1.82, 2.24) is 19.1 Å². The summed E-state index contributed by atoms with van der Waals surface area (Å²) in [6.45, 7) is 2.20. The Bertz CT molecular complexity index is 1310. The van der Waals surface area contributed by atoms with Crippen LogP contribution in [0.3, 0.4) is 0 Å². The first-order valence-electron chi connectivity index (χ1n) is 10.1. The SMILES string of the molecule is Cc1cccc(Oc2ccc(S(=O)(=O)N3CCC(S(=O)(=O)c4nncn4C)CC3)cc2)c1. The molecule has 0 radical (unpaired) electrons. The van der Waals surface area contributed by atoms with Crippen LogP contribution in [0.15, 0.2) is 64.9 Å². The van der Waals surface area contributed by atoms with Gasteiger partial charge < -0.3 is 9.30 Å². The van der Waals surface area contributed by atoms with E-state index in [1.807, 2.05) is 31.2 Å². The average Bonchev–Trinajstić information content (AvgIpc) is 3.21. The van der Waals surface area contributed by atoms with E-state index in [1.54, 1.807) is 19.2 Å². The summed E-state index contributed by atoms with van der Waals surface area (Å²) >= 11 is 0. The molecule has 1 aliphatic rings. The third kappa shape index (κ3) is 4.41. The maximum atomic E-state index is 13.0. The summed E-state index contributed by atoms with van der Waals surface area (Å²) in [5.74, 6) is 1.20. The lowest BCUT2D eigenvalue weighted by Gasteiger charge is -2.30. The summed E-state index contributed by atoms with van der Waals surface area (Å²) < 4.78 is 60.2. The highest BCUT2D eigenvalue weighted by atomic mass is 32.2. The number of piperidine rings is 1. The van der Waals surface area contributed by atoms with Crippen molar-refractivity contribution < 1.29 is 21.6 Å². The molecule has 1 aromatic heterocycles. The maximum Gasteiger partial charge on any atom is 0.249 e. The fraction of sp³-hybridized carbons (Fsp3) is 0.333. The third-order valence-electron chi connectivity index (χ3n) is 5.45. The van der Waals surface area contributed by atoms with Crippen LogP contribution in [0, 0.1) is 6.92 Å². The number of benzene rings is 2. The van der Waals surface area contributed by atoms with Gasteiger partial charge in [-0.1, -0.05) is 12.1 Å². The average molecular weight is 477 g/mol. The van der Waals surface area contributed by atoms with Gasteiger partial charge in [0.15, 0.2) is 0 Å². The van der Waals surface area contributed by atoms with Gasteiger partial charge in [0.1, 0.15) is 17.8 Å². The van der Waals surface area contributed by atoms with Gasteiger partial charge >= 0.3 is 0 Å². The Balaban J connectivity index is 1.44. The van der Waals surface area contributed by atoms with E-state index < -0.39 is 25.1 Å². The molecule has 2 heterocycles. The molecule has 0 N–H and O–H groups in total. The molecule has 0 unspecified atom stereocenters. The van der Waals surface area contributed by atoms with Crippen LogP contribution in [0.25, 0.3) is 0 Å². The number of nitrogens with zero attached hydrogens (tertiary/aromatic N) is 4. The molecule has 2 aromatic carbocycles. The van der Waals surface area contributed by atoms with Crippen LogP contribution in [-0.4, -0.2) is 54.2 Å². The van der Waals surface area contributed by atoms with Crippen molar-refractivity contribution in [3.63, 3.8) is 0 Å². The first-order chi connectivity index (χ1) is 15.2. The fourth-order valence-corrected chi connectivity index (χ4v) is 6.91. The summed E-state index contributed by atoms with van der Waals surface area (Å²) in [5.41, 5.74) is 1.06. The van der Waals surface area contributed by atoms with Crippen LogP contribution in [0.1, 0.15) is 18.4 Å². The van der Waals surface area contributed by atoms with Crippen LogP contribution in [0.5, 0.6) is 11.5 Å². The van der Waals surface area contributed by atoms with Crippen LogP contribution in [-0.2, 0) is 26.9 Å². The number of aromatic nitrogens is 3. The molecule has 0 saturated carbocycles. The van der Waals surface area contributed by atoms with E-state index in [1.165, 1.54) is 27.3 Å². The topological polar surface area (TPSA) is 111 Å². The van der Waals surface area contributed by atoms with E-state index in [4.69, 9.17) is 4.74 Å². The van der Waals surface area contributed by atoms with Crippen LogP contribution >= 0.6 is 0 Å². The van der Waals surface area contributed by atoms with Gasteiger partial charge in [0.05, 0.1) is 10.1 Å². The van der Waals surface area contributed by atoms with E-state index in [2.05, 4.69) is 10.2 Å². The standard InChI is InChI=1S/C21H24N4O5S2/c1-16-4-3-5-18(14-16)30-17-6-8-20(9-7-17)32(28,29)25-12-10-19(11-13-25)31(26,27)21-23-22-15-24(21)2/h3-9,14-15,19H,10-13H2,1-2H3. The zero-order chi connectivity index (χ0) is 22.9. The van der Waals surface area contributed by atoms with Gasteiger partial charge in [-0.15, -0.1) is 10.2 Å². The Morgan fingerprint density at radius 1 is 0.969 bits per heavy atom. The number of sulfone groups is 1. The van der Waals surface area contributed by atoms with Crippen molar-refractivity contribution in [2.75, 3.05) is 13.1 Å². The molecule has 0 amide bonds. The monoisotopic (exact) mass is 476 g/mol. The normalized spacial score (nSPS) is 16.2. The molecule has 1 saturated heterocycles. The smallest absolute Gasteiger partial charge is 0.249 e. The number of hydrogen-bond acceptors (Lipinski definition) is 7. The van der Waals surface area contributed by atoms with E-state index in [9.17, 15) is 16.8 Å². The number of hydrogen-bond donors (Lipinski definition) is 0. The van der Waals surface area contributed by atoms with E-state index in [-0.39, 0.29) is 36.0 Å². The van der Waals surface area contributed by atoms with Gasteiger partial charge in [-0.05, 0) is 61.7 Å². The Kier molecular flexibility index (Phi) is 6.06. The molecule has 0 spiro atoms. The molecule has 170 valence electrons. The third-order valence-corrected chi connectivity index (χ3v) is 9.59. The van der Waals surface area contributed by atoms with Gasteiger partial charge in [-0.2, -0.15) is 4.31 Å². The Labute approximate surface area is 187 Å². The highest BCUT2D eigenvalue weighted by Gasteiger charge is 2.37. The second-order valence-electron chi connectivity index (χ2n) is 7.76. The Morgan fingerprint density at radius 3 is 2.25 bits per heavy atom. The molecular weight excluding hydrogens is 452 g/mol. The lowest BCUT2D eigenvalue weighted by atomic mass is 10.2. The predicted octanol–water partition coefficient (Wildman–Crippen LogP) is 2.54. The molecule has 11 heteroatoms. The molecule has 1 aliphatic heterocycles. The van der Waals surface area contributed by atoms with Crippen LogP contribution < -0.4 is 4.74 Å². The second-order valence-corrected chi connectivity index (χ2v) is 11.8. The highest BCUT2D eigenvalue weighted by molar-refractivity contribution is 7.92. The Hall–Kier alpha value is -2.76. The van der Waals surface area contributed by atoms with E-state index in [0.717, 1.165) is 5.56 Å². The molecule has 1 fully saturated rings. The molecular formula is C21H24N4O5S2. The maximum absolute atomic E-state index is 13.0. The largest absolute Gasteiger partial charge is 0.457 e. The number of aryl methyl sites for hydroxylation is 2. The van der Waals surface area contributed by atoms with E-state index in [0.29, 0.717) is 11.5 Å². The first-order valence-corrected chi connectivity index (χ1v) is 13.1. The second kappa shape index (κ2) is 8.64. The molecule has 4 rings (SSSR count). The van der Waals surface area contributed by atoms with Crippen LogP contribution in [0.2, 0.25) is 0 Å². The minimum Gasteiger partial charge on any atom is -0.457 e. The van der Waals surface area contributed by atoms with Gasteiger partial charge in [0, 0.05) is 20.1 Å². The summed E-state index contributed by atoms with van der Waals surface area (Å²) in [4.78, 5) is 0.142. The van der Waals surface area contributed by atoms with Crippen molar-refractivity contribution in [3.05, 3.63) is 60.4 Å². The predicted molar refractivity (Wildman–Crippen MR) is 118 cm³/mol. The zero-order valence-electron chi connectivity index (χ0n) is 17.7. The molecule has 0 aliphatic carbocycles. The van der Waals surface area contributed by atoms with Gasteiger partial charge in [-0.3, -0.25) is 0 Å². The minimum absolute atomic E-state index is 0.0944. The number of rotatable bonds is 6. The molecule has 9 nitrogen and oxygen atoms in total. The zero-order valence-corrected chi connectivity index (χ0v) is 19.4. The molecule has 3 aromatic rings. The lowest BCUT2D eigenvalue weighted by molar-refractivity contribution is 0.344. The van der Waals surface area contributed by atoms with E-state index >= 15 is 0 Å².